The summed E-state index contributed by atoms with van der Waals surface area (Å²) >= 11 is 0. The van der Waals surface area contributed by atoms with E-state index >= 15 is 0 Å². The van der Waals surface area contributed by atoms with E-state index in [0.29, 0.717) is 11.1 Å². The second kappa shape index (κ2) is 7.03. The third-order valence-corrected chi connectivity index (χ3v) is 6.10. The first-order chi connectivity index (χ1) is 12.5. The van der Waals surface area contributed by atoms with Gasteiger partial charge in [0.05, 0.1) is 35.6 Å². The molecular formula is C18H16N4O3S. The monoisotopic (exact) mass is 368 g/mol. The van der Waals surface area contributed by atoms with Crippen LogP contribution in [0, 0.1) is 22.7 Å². The van der Waals surface area contributed by atoms with Crippen LogP contribution in [0.25, 0.3) is 10.8 Å². The van der Waals surface area contributed by atoms with E-state index in [4.69, 9.17) is 10.5 Å². The first-order valence-corrected chi connectivity index (χ1v) is 9.51. The molecule has 0 unspecified atom stereocenters. The normalized spacial score (nSPS) is 14.0. The fourth-order valence-corrected chi connectivity index (χ4v) is 4.74. The number of benzene rings is 2. The molecule has 1 aliphatic rings. The number of nitrogens with zero attached hydrogens (tertiary/aromatic N) is 4. The molecule has 0 saturated carbocycles. The molecule has 0 radical (unpaired) electrons. The fraction of sp³-hybridized carbons (Fsp3) is 0.278. The third kappa shape index (κ3) is 2.96. The first kappa shape index (κ1) is 17.7. The van der Waals surface area contributed by atoms with E-state index in [9.17, 15) is 13.2 Å². The second-order valence-corrected chi connectivity index (χ2v) is 7.67. The summed E-state index contributed by atoms with van der Waals surface area (Å²) in [6.07, 6.45) is 0.249. The molecule has 8 heteroatoms. The van der Waals surface area contributed by atoms with Crippen LogP contribution in [0.3, 0.4) is 0 Å². The summed E-state index contributed by atoms with van der Waals surface area (Å²) in [5.74, 6) is -0.427. The molecule has 0 bridgehead atoms. The van der Waals surface area contributed by atoms with E-state index in [2.05, 4.69) is 0 Å². The average molecular weight is 368 g/mol. The van der Waals surface area contributed by atoms with Crippen molar-refractivity contribution >= 4 is 32.4 Å². The maximum atomic E-state index is 12.9. The average Bonchev–Trinajstić information content (AvgIpc) is 2.85. The van der Waals surface area contributed by atoms with Gasteiger partial charge in [-0.3, -0.25) is 9.10 Å². The van der Waals surface area contributed by atoms with Gasteiger partial charge >= 0.3 is 0 Å². The molecule has 0 saturated heterocycles. The van der Waals surface area contributed by atoms with E-state index in [1.165, 1.54) is 11.0 Å². The fourth-order valence-electron chi connectivity index (χ4n) is 3.08. The van der Waals surface area contributed by atoms with E-state index < -0.39 is 15.9 Å². The summed E-state index contributed by atoms with van der Waals surface area (Å²) in [5, 5.41) is 18.9. The van der Waals surface area contributed by atoms with Gasteiger partial charge in [-0.25, -0.2) is 8.42 Å². The smallest absolute Gasteiger partial charge is 0.265 e. The molecular weight excluding hydrogens is 352 g/mol. The molecule has 0 atom stereocenters. The number of carbonyl (C=O) groups excluding carboxylic acids is 1. The summed E-state index contributed by atoms with van der Waals surface area (Å²) in [6.45, 7) is -0.0168. The van der Waals surface area contributed by atoms with Crippen LogP contribution in [-0.2, 0) is 14.8 Å². The molecule has 7 nitrogen and oxygen atoms in total. The molecule has 0 fully saturated rings. The first-order valence-electron chi connectivity index (χ1n) is 8.07. The number of rotatable bonds is 6. The van der Waals surface area contributed by atoms with Crippen molar-refractivity contribution in [2.24, 2.45) is 0 Å². The maximum Gasteiger partial charge on any atom is 0.265 e. The van der Waals surface area contributed by atoms with Crippen LogP contribution in [0.15, 0.2) is 41.3 Å². The highest BCUT2D eigenvalue weighted by Crippen LogP contribution is 2.41. The van der Waals surface area contributed by atoms with Gasteiger partial charge in [-0.15, -0.1) is 0 Å². The van der Waals surface area contributed by atoms with Crippen molar-refractivity contribution in [3.05, 3.63) is 36.4 Å². The molecule has 3 rings (SSSR count). The van der Waals surface area contributed by atoms with Gasteiger partial charge in [-0.05, 0) is 17.5 Å². The number of hydrogen-bond donors (Lipinski definition) is 0. The third-order valence-electron chi connectivity index (χ3n) is 4.30. The van der Waals surface area contributed by atoms with Gasteiger partial charge in [0, 0.05) is 18.5 Å². The van der Waals surface area contributed by atoms with Crippen molar-refractivity contribution in [2.45, 2.75) is 17.7 Å². The predicted molar refractivity (Wildman–Crippen MR) is 95.5 cm³/mol. The van der Waals surface area contributed by atoms with Crippen LogP contribution >= 0.6 is 0 Å². The van der Waals surface area contributed by atoms with Crippen LogP contribution in [0.1, 0.15) is 12.8 Å². The lowest BCUT2D eigenvalue weighted by Crippen LogP contribution is -2.42. The van der Waals surface area contributed by atoms with Gasteiger partial charge in [0.15, 0.2) is 0 Å². The Balaban J connectivity index is 1.93. The van der Waals surface area contributed by atoms with Crippen LogP contribution in [0.5, 0.6) is 0 Å². The van der Waals surface area contributed by atoms with Crippen LogP contribution < -0.4 is 4.31 Å². The maximum absolute atomic E-state index is 12.9. The van der Waals surface area contributed by atoms with Crippen molar-refractivity contribution in [1.82, 2.24) is 4.90 Å². The lowest BCUT2D eigenvalue weighted by Gasteiger charge is -2.24. The minimum atomic E-state index is -3.81. The van der Waals surface area contributed by atoms with Gasteiger partial charge in [0.1, 0.15) is 6.54 Å². The van der Waals surface area contributed by atoms with Gasteiger partial charge in [-0.1, -0.05) is 24.3 Å². The Morgan fingerprint density at radius 3 is 2.27 bits per heavy atom. The number of carbonyl (C=O) groups is 1. The molecule has 1 aliphatic heterocycles. The Morgan fingerprint density at radius 2 is 1.65 bits per heavy atom. The largest absolute Gasteiger partial charge is 0.339 e. The molecule has 1 heterocycles. The van der Waals surface area contributed by atoms with Gasteiger partial charge in [0.25, 0.3) is 10.0 Å². The van der Waals surface area contributed by atoms with Crippen molar-refractivity contribution < 1.29 is 13.2 Å². The molecule has 0 aromatic heterocycles. The Hall–Kier alpha value is -3.10. The van der Waals surface area contributed by atoms with Gasteiger partial charge < -0.3 is 4.90 Å². The van der Waals surface area contributed by atoms with Gasteiger partial charge in [0.2, 0.25) is 5.91 Å². The molecule has 132 valence electrons. The highest BCUT2D eigenvalue weighted by Gasteiger charge is 2.37. The summed E-state index contributed by atoms with van der Waals surface area (Å²) in [6, 6.07) is 14.2. The van der Waals surface area contributed by atoms with Crippen molar-refractivity contribution in [3.8, 4) is 12.1 Å². The topological polar surface area (TPSA) is 105 Å². The minimum absolute atomic E-state index is 0.125. The zero-order valence-corrected chi connectivity index (χ0v) is 14.7. The molecule has 2 aromatic carbocycles. The van der Waals surface area contributed by atoms with E-state index in [1.807, 2.05) is 24.3 Å². The summed E-state index contributed by atoms with van der Waals surface area (Å²) in [7, 11) is -3.81. The quantitative estimate of drug-likeness (QED) is 0.775. The molecule has 26 heavy (non-hydrogen) atoms. The number of anilines is 1. The number of sulfonamides is 1. The number of hydrogen-bond acceptors (Lipinski definition) is 5. The molecule has 0 spiro atoms. The summed E-state index contributed by atoms with van der Waals surface area (Å²) < 4.78 is 26.9. The predicted octanol–water partition coefficient (Wildman–Crippen LogP) is 2.00. The van der Waals surface area contributed by atoms with Crippen LogP contribution in [0.2, 0.25) is 0 Å². The lowest BCUT2D eigenvalue weighted by molar-refractivity contribution is -0.129. The summed E-state index contributed by atoms with van der Waals surface area (Å²) in [4.78, 5) is 14.2. The number of nitriles is 2. The standard InChI is InChI=1S/C18H16N4O3S/c19-9-3-11-21(12-4-10-20)17(23)13-22-15-7-1-5-14-6-2-8-16(18(14)15)26(22,24)25/h1-2,5-8H,3-4,11-13H2. The molecule has 0 N–H and O–H groups in total. The Kier molecular flexibility index (Phi) is 4.79. The van der Waals surface area contributed by atoms with Gasteiger partial charge in [-0.2, -0.15) is 10.5 Å². The molecule has 2 aromatic rings. The minimum Gasteiger partial charge on any atom is -0.339 e. The number of amides is 1. The Labute approximate surface area is 151 Å². The lowest BCUT2D eigenvalue weighted by atomic mass is 10.1. The van der Waals surface area contributed by atoms with Crippen LogP contribution in [-0.4, -0.2) is 38.9 Å². The van der Waals surface area contributed by atoms with Crippen molar-refractivity contribution in [3.63, 3.8) is 0 Å². The van der Waals surface area contributed by atoms with Crippen LogP contribution in [0.4, 0.5) is 5.69 Å². The highest BCUT2D eigenvalue weighted by atomic mass is 32.2. The summed E-state index contributed by atoms with van der Waals surface area (Å²) in [5.41, 5.74) is 0.479. The highest BCUT2D eigenvalue weighted by molar-refractivity contribution is 7.93. The molecule has 1 amide bonds. The van der Waals surface area contributed by atoms with Crippen molar-refractivity contribution in [2.75, 3.05) is 23.9 Å². The van der Waals surface area contributed by atoms with E-state index in [0.717, 1.165) is 9.69 Å². The Morgan fingerprint density at radius 1 is 1.04 bits per heavy atom. The van der Waals surface area contributed by atoms with E-state index in [1.54, 1.807) is 18.2 Å². The molecule has 0 aliphatic carbocycles. The van der Waals surface area contributed by atoms with Crippen molar-refractivity contribution in [1.29, 1.82) is 10.5 Å². The van der Waals surface area contributed by atoms with E-state index in [-0.39, 0.29) is 37.4 Å². The zero-order valence-electron chi connectivity index (χ0n) is 13.9. The SMILES string of the molecule is N#CCCN(CCC#N)C(=O)CN1c2cccc3cccc(c23)S1(=O)=O. The Bertz CT molecular complexity index is 1030. The second-order valence-electron chi connectivity index (χ2n) is 5.84. The zero-order chi connectivity index (χ0) is 18.7.